The van der Waals surface area contributed by atoms with E-state index in [1.807, 2.05) is 7.11 Å². The van der Waals surface area contributed by atoms with Crippen LogP contribution in [0.5, 0.6) is 0 Å². The Balaban J connectivity index is 2.71. The Labute approximate surface area is 133 Å². The molecule has 0 aromatic rings. The molecule has 1 rings (SSSR count). The lowest BCUT2D eigenvalue weighted by atomic mass is 9.75. The first-order chi connectivity index (χ1) is 10.2. The van der Waals surface area contributed by atoms with Crippen molar-refractivity contribution in [3.63, 3.8) is 0 Å². The van der Waals surface area contributed by atoms with Crippen LogP contribution in [0.25, 0.3) is 0 Å². The van der Waals surface area contributed by atoms with Crippen LogP contribution in [0.2, 0.25) is 0 Å². The van der Waals surface area contributed by atoms with Crippen LogP contribution in [-0.2, 0) is 4.74 Å². The Morgan fingerprint density at radius 2 is 1.76 bits per heavy atom. The number of hydrogen-bond acceptors (Lipinski definition) is 2. The van der Waals surface area contributed by atoms with Gasteiger partial charge in [0.05, 0.1) is 5.60 Å². The minimum Gasteiger partial charge on any atom is -0.377 e. The quantitative estimate of drug-likeness (QED) is 0.558. The molecule has 1 aliphatic rings. The molecule has 1 N–H and O–H groups in total. The van der Waals surface area contributed by atoms with Gasteiger partial charge in [-0.1, -0.05) is 65.7 Å². The Morgan fingerprint density at radius 3 is 2.29 bits per heavy atom. The maximum absolute atomic E-state index is 6.13. The molecule has 0 aliphatic heterocycles. The topological polar surface area (TPSA) is 21.3 Å². The van der Waals surface area contributed by atoms with Crippen molar-refractivity contribution in [3.05, 3.63) is 0 Å². The van der Waals surface area contributed by atoms with Gasteiger partial charge in [-0.25, -0.2) is 0 Å². The summed E-state index contributed by atoms with van der Waals surface area (Å²) in [7, 11) is 1.94. The van der Waals surface area contributed by atoms with Crippen LogP contribution in [0.1, 0.15) is 91.4 Å². The largest absolute Gasteiger partial charge is 0.377 e. The van der Waals surface area contributed by atoms with Crippen molar-refractivity contribution < 1.29 is 4.74 Å². The summed E-state index contributed by atoms with van der Waals surface area (Å²) in [5.41, 5.74) is 0.104. The third-order valence-electron chi connectivity index (χ3n) is 5.49. The predicted molar refractivity (Wildman–Crippen MR) is 92.8 cm³/mol. The zero-order valence-corrected chi connectivity index (χ0v) is 15.0. The summed E-state index contributed by atoms with van der Waals surface area (Å²) < 4.78 is 6.13. The van der Waals surface area contributed by atoms with Gasteiger partial charge < -0.3 is 10.1 Å². The van der Waals surface area contributed by atoms with Crippen LogP contribution in [-0.4, -0.2) is 25.3 Å². The zero-order valence-electron chi connectivity index (χ0n) is 15.0. The Bertz CT molecular complexity index is 248. The van der Waals surface area contributed by atoms with Crippen molar-refractivity contribution in [2.24, 2.45) is 5.92 Å². The molecular weight excluding hydrogens is 258 g/mol. The van der Waals surface area contributed by atoms with Gasteiger partial charge >= 0.3 is 0 Å². The fourth-order valence-electron chi connectivity index (χ4n) is 3.96. The summed E-state index contributed by atoms with van der Waals surface area (Å²) in [6, 6.07) is 0.546. The SMILES string of the molecule is CCCCC(CC)CC(NCCC)C1(OC)CCCCC1. The third kappa shape index (κ3) is 5.90. The third-order valence-corrected chi connectivity index (χ3v) is 5.49. The lowest BCUT2D eigenvalue weighted by molar-refractivity contribution is -0.0728. The first kappa shape index (κ1) is 19.0. The van der Waals surface area contributed by atoms with E-state index in [4.69, 9.17) is 4.74 Å². The molecule has 2 unspecified atom stereocenters. The van der Waals surface area contributed by atoms with Crippen molar-refractivity contribution in [1.29, 1.82) is 0 Å². The maximum atomic E-state index is 6.13. The van der Waals surface area contributed by atoms with E-state index in [1.165, 1.54) is 70.6 Å². The molecule has 2 atom stereocenters. The van der Waals surface area contributed by atoms with Crippen molar-refractivity contribution in [2.75, 3.05) is 13.7 Å². The molecule has 0 radical (unpaired) electrons. The number of nitrogens with one attached hydrogen (secondary N) is 1. The summed E-state index contributed by atoms with van der Waals surface area (Å²) in [5, 5.41) is 3.85. The Hall–Kier alpha value is -0.0800. The highest BCUT2D eigenvalue weighted by Gasteiger charge is 2.40. The fourth-order valence-corrected chi connectivity index (χ4v) is 3.96. The number of ether oxygens (including phenoxy) is 1. The summed E-state index contributed by atoms with van der Waals surface area (Å²) in [6.45, 7) is 8.05. The van der Waals surface area contributed by atoms with Crippen molar-refractivity contribution in [1.82, 2.24) is 5.32 Å². The molecule has 2 nitrogen and oxygen atoms in total. The monoisotopic (exact) mass is 297 g/mol. The van der Waals surface area contributed by atoms with E-state index in [0.29, 0.717) is 6.04 Å². The summed E-state index contributed by atoms with van der Waals surface area (Å²) in [4.78, 5) is 0. The van der Waals surface area contributed by atoms with E-state index in [1.54, 1.807) is 0 Å². The molecule has 2 heteroatoms. The number of methoxy groups -OCH3 is 1. The highest BCUT2D eigenvalue weighted by atomic mass is 16.5. The lowest BCUT2D eigenvalue weighted by Crippen LogP contribution is -2.54. The van der Waals surface area contributed by atoms with Crippen molar-refractivity contribution in [3.8, 4) is 0 Å². The average Bonchev–Trinajstić information content (AvgIpc) is 2.55. The minimum atomic E-state index is 0.104. The van der Waals surface area contributed by atoms with Gasteiger partial charge in [0.15, 0.2) is 0 Å². The summed E-state index contributed by atoms with van der Waals surface area (Å²) in [6.07, 6.45) is 14.4. The zero-order chi connectivity index (χ0) is 15.6. The standard InChI is InChI=1S/C19H39NO/c1-5-8-12-17(7-3)16-18(20-15-6-2)19(21-4)13-10-9-11-14-19/h17-18,20H,5-16H2,1-4H3. The molecule has 0 amide bonds. The minimum absolute atomic E-state index is 0.104. The molecule has 1 aliphatic carbocycles. The van der Waals surface area contributed by atoms with E-state index in [-0.39, 0.29) is 5.60 Å². The van der Waals surface area contributed by atoms with Crippen LogP contribution in [0.3, 0.4) is 0 Å². The van der Waals surface area contributed by atoms with Gasteiger partial charge in [0.25, 0.3) is 0 Å². The molecule has 0 aromatic heterocycles. The molecule has 1 fully saturated rings. The van der Waals surface area contributed by atoms with E-state index in [9.17, 15) is 0 Å². The van der Waals surface area contributed by atoms with Gasteiger partial charge in [-0.2, -0.15) is 0 Å². The van der Waals surface area contributed by atoms with Crippen LogP contribution in [0, 0.1) is 5.92 Å². The van der Waals surface area contributed by atoms with Crippen LogP contribution >= 0.6 is 0 Å². The predicted octanol–water partition coefficient (Wildman–Crippen LogP) is 5.31. The first-order valence-corrected chi connectivity index (χ1v) is 9.50. The summed E-state index contributed by atoms with van der Waals surface area (Å²) >= 11 is 0. The van der Waals surface area contributed by atoms with E-state index in [0.717, 1.165) is 12.5 Å². The number of hydrogen-bond donors (Lipinski definition) is 1. The Morgan fingerprint density at radius 1 is 1.05 bits per heavy atom. The second-order valence-corrected chi connectivity index (χ2v) is 6.99. The highest BCUT2D eigenvalue weighted by molar-refractivity contribution is 4.96. The summed E-state index contributed by atoms with van der Waals surface area (Å²) in [5.74, 6) is 0.855. The van der Waals surface area contributed by atoms with Crippen LogP contribution in [0.4, 0.5) is 0 Å². The maximum Gasteiger partial charge on any atom is 0.0831 e. The molecular formula is C19H39NO. The van der Waals surface area contributed by atoms with Gasteiger partial charge in [0.2, 0.25) is 0 Å². The van der Waals surface area contributed by atoms with Crippen LogP contribution in [0.15, 0.2) is 0 Å². The van der Waals surface area contributed by atoms with Crippen molar-refractivity contribution >= 4 is 0 Å². The van der Waals surface area contributed by atoms with Gasteiger partial charge in [-0.15, -0.1) is 0 Å². The van der Waals surface area contributed by atoms with Gasteiger partial charge in [0, 0.05) is 13.2 Å². The smallest absolute Gasteiger partial charge is 0.0831 e. The number of unbranched alkanes of at least 4 members (excludes halogenated alkanes) is 1. The molecule has 1 saturated carbocycles. The van der Waals surface area contributed by atoms with E-state index >= 15 is 0 Å². The highest BCUT2D eigenvalue weighted by Crippen LogP contribution is 2.37. The van der Waals surface area contributed by atoms with E-state index < -0.39 is 0 Å². The fraction of sp³-hybridized carbons (Fsp3) is 1.00. The molecule has 21 heavy (non-hydrogen) atoms. The molecule has 0 saturated heterocycles. The Kier molecular flexibility index (Phi) is 9.59. The molecule has 0 heterocycles. The second-order valence-electron chi connectivity index (χ2n) is 6.99. The van der Waals surface area contributed by atoms with Crippen molar-refractivity contribution in [2.45, 2.75) is 103 Å². The first-order valence-electron chi connectivity index (χ1n) is 9.50. The lowest BCUT2D eigenvalue weighted by Gasteiger charge is -2.44. The van der Waals surface area contributed by atoms with Gasteiger partial charge in [-0.3, -0.25) is 0 Å². The molecule has 0 aromatic carbocycles. The van der Waals surface area contributed by atoms with Crippen LogP contribution < -0.4 is 5.32 Å². The molecule has 0 bridgehead atoms. The second kappa shape index (κ2) is 10.6. The number of rotatable bonds is 11. The average molecular weight is 298 g/mol. The van der Waals surface area contributed by atoms with Gasteiger partial charge in [-0.05, 0) is 38.1 Å². The van der Waals surface area contributed by atoms with Gasteiger partial charge in [0.1, 0.15) is 0 Å². The van der Waals surface area contributed by atoms with E-state index in [2.05, 4.69) is 26.1 Å². The molecule has 0 spiro atoms. The normalized spacial score (nSPS) is 21.1. The molecule has 126 valence electrons.